The average Bonchev–Trinajstić information content (AvgIpc) is 3.18. The van der Waals surface area contributed by atoms with Crippen molar-refractivity contribution in [3.63, 3.8) is 0 Å². The van der Waals surface area contributed by atoms with Gasteiger partial charge in [0.15, 0.2) is 5.15 Å². The average molecular weight is 501 g/mol. The van der Waals surface area contributed by atoms with Crippen molar-refractivity contribution in [2.75, 3.05) is 7.11 Å². The van der Waals surface area contributed by atoms with Crippen molar-refractivity contribution in [2.24, 2.45) is 0 Å². The summed E-state index contributed by atoms with van der Waals surface area (Å²) in [7, 11) is 1.45. The Morgan fingerprint density at radius 1 is 1.24 bits per heavy atom. The fourth-order valence-electron chi connectivity index (χ4n) is 2.87. The summed E-state index contributed by atoms with van der Waals surface area (Å²) in [6.07, 6.45) is -0.304. The number of halogens is 6. The van der Waals surface area contributed by atoms with Crippen LogP contribution in [-0.2, 0) is 22.3 Å². The Morgan fingerprint density at radius 3 is 2.59 bits per heavy atom. The Kier molecular flexibility index (Phi) is 8.00. The SMILES string of the molecule is C=C/C(=C\CC(OC)c1[nH]c(-c2ccc(F)nc2)nc1Cl)OCc1ncc(C(F)(F)F)cc1F. The molecule has 0 spiro atoms. The van der Waals surface area contributed by atoms with Crippen LogP contribution in [0.25, 0.3) is 11.4 Å². The Labute approximate surface area is 196 Å². The van der Waals surface area contributed by atoms with Crippen LogP contribution in [0.5, 0.6) is 0 Å². The molecule has 1 atom stereocenters. The van der Waals surface area contributed by atoms with Gasteiger partial charge in [-0.05, 0) is 30.4 Å². The van der Waals surface area contributed by atoms with Gasteiger partial charge < -0.3 is 14.5 Å². The fourth-order valence-corrected chi connectivity index (χ4v) is 3.12. The molecule has 0 aliphatic rings. The maximum Gasteiger partial charge on any atom is 0.417 e. The van der Waals surface area contributed by atoms with Gasteiger partial charge in [-0.25, -0.2) is 14.4 Å². The van der Waals surface area contributed by atoms with Crippen LogP contribution in [0.4, 0.5) is 22.0 Å². The standard InChI is InChI=1S/C22H18ClF5N4O2/c1-3-14(34-11-16-15(24)8-13(10-29-16)22(26,27)28)5-6-17(33-2)19-20(23)32-21(31-19)12-4-7-18(25)30-9-12/h3-5,7-10,17H,1,6,11H2,2H3,(H,31,32)/b14-5+. The lowest BCUT2D eigenvalue weighted by Gasteiger charge is -2.13. The number of pyridine rings is 2. The number of hydrogen-bond donors (Lipinski definition) is 1. The molecule has 3 aromatic rings. The zero-order chi connectivity index (χ0) is 24.9. The second-order valence-electron chi connectivity index (χ2n) is 6.87. The van der Waals surface area contributed by atoms with Crippen molar-refractivity contribution in [3.05, 3.63) is 89.0 Å². The first-order valence-corrected chi connectivity index (χ1v) is 10.1. The molecule has 12 heteroatoms. The fraction of sp³-hybridized carbons (Fsp3) is 0.227. The van der Waals surface area contributed by atoms with E-state index in [4.69, 9.17) is 21.1 Å². The molecule has 0 aliphatic heterocycles. The normalized spacial score (nSPS) is 13.1. The van der Waals surface area contributed by atoms with E-state index >= 15 is 0 Å². The number of allylic oxidation sites excluding steroid dienone is 1. The van der Waals surface area contributed by atoms with Gasteiger partial charge in [0, 0.05) is 31.5 Å². The van der Waals surface area contributed by atoms with E-state index in [1.165, 1.54) is 31.5 Å². The number of methoxy groups -OCH3 is 1. The van der Waals surface area contributed by atoms with E-state index in [-0.39, 0.29) is 23.0 Å². The first kappa shape index (κ1) is 25.3. The van der Waals surface area contributed by atoms with Gasteiger partial charge in [-0.1, -0.05) is 18.2 Å². The number of nitrogens with one attached hydrogen (secondary N) is 1. The number of H-pyrrole nitrogens is 1. The van der Waals surface area contributed by atoms with E-state index < -0.39 is 36.2 Å². The van der Waals surface area contributed by atoms with Crippen LogP contribution in [-0.4, -0.2) is 27.0 Å². The van der Waals surface area contributed by atoms with Gasteiger partial charge >= 0.3 is 6.18 Å². The third-order valence-electron chi connectivity index (χ3n) is 4.65. The summed E-state index contributed by atoms with van der Waals surface area (Å²) in [6, 6.07) is 3.03. The molecule has 0 bridgehead atoms. The number of ether oxygens (including phenoxy) is 2. The minimum absolute atomic E-state index is 0.136. The molecule has 0 saturated carbocycles. The summed E-state index contributed by atoms with van der Waals surface area (Å²) < 4.78 is 75.9. The lowest BCUT2D eigenvalue weighted by Crippen LogP contribution is -2.08. The molecular formula is C22H18ClF5N4O2. The molecular weight excluding hydrogens is 483 g/mol. The van der Waals surface area contributed by atoms with Crippen LogP contribution < -0.4 is 0 Å². The summed E-state index contributed by atoms with van der Waals surface area (Å²) in [5, 5.41) is 0.136. The van der Waals surface area contributed by atoms with E-state index in [1.54, 1.807) is 6.08 Å². The first-order valence-electron chi connectivity index (χ1n) is 9.69. The molecule has 34 heavy (non-hydrogen) atoms. The lowest BCUT2D eigenvalue weighted by atomic mass is 10.2. The predicted octanol–water partition coefficient (Wildman–Crippen LogP) is 6.18. The smallest absolute Gasteiger partial charge is 0.417 e. The number of aromatic nitrogens is 4. The number of rotatable bonds is 9. The van der Waals surface area contributed by atoms with E-state index in [0.717, 1.165) is 0 Å². The third kappa shape index (κ3) is 6.17. The molecule has 180 valence electrons. The Balaban J connectivity index is 1.70. The van der Waals surface area contributed by atoms with E-state index in [0.29, 0.717) is 29.3 Å². The van der Waals surface area contributed by atoms with Gasteiger partial charge in [0.1, 0.15) is 35.8 Å². The minimum atomic E-state index is -4.70. The highest BCUT2D eigenvalue weighted by Gasteiger charge is 2.32. The van der Waals surface area contributed by atoms with Gasteiger partial charge in [-0.3, -0.25) is 4.98 Å². The van der Waals surface area contributed by atoms with Crippen molar-refractivity contribution >= 4 is 11.6 Å². The molecule has 0 aromatic carbocycles. The molecule has 0 radical (unpaired) electrons. The van der Waals surface area contributed by atoms with Crippen molar-refractivity contribution in [1.29, 1.82) is 0 Å². The highest BCUT2D eigenvalue weighted by Crippen LogP contribution is 2.31. The summed E-state index contributed by atoms with van der Waals surface area (Å²) in [6.45, 7) is 3.20. The quantitative estimate of drug-likeness (QED) is 0.164. The Hall–Kier alpha value is -3.31. The number of aromatic amines is 1. The van der Waals surface area contributed by atoms with Crippen LogP contribution in [0.2, 0.25) is 5.15 Å². The minimum Gasteiger partial charge on any atom is -0.488 e. The number of imidazole rings is 1. The van der Waals surface area contributed by atoms with Gasteiger partial charge in [0.2, 0.25) is 5.95 Å². The largest absolute Gasteiger partial charge is 0.488 e. The van der Waals surface area contributed by atoms with Crippen LogP contribution in [0.1, 0.15) is 29.5 Å². The molecule has 1 N–H and O–H groups in total. The molecule has 3 heterocycles. The molecule has 6 nitrogen and oxygen atoms in total. The summed E-state index contributed by atoms with van der Waals surface area (Å²) in [4.78, 5) is 14.3. The van der Waals surface area contributed by atoms with Gasteiger partial charge in [0.25, 0.3) is 0 Å². The Morgan fingerprint density at radius 2 is 2.00 bits per heavy atom. The van der Waals surface area contributed by atoms with Crippen LogP contribution in [0, 0.1) is 11.8 Å². The molecule has 1 unspecified atom stereocenters. The van der Waals surface area contributed by atoms with Crippen molar-refractivity contribution in [2.45, 2.75) is 25.3 Å². The number of nitrogens with zero attached hydrogens (tertiary/aromatic N) is 3. The van der Waals surface area contributed by atoms with Crippen LogP contribution in [0.15, 0.2) is 55.1 Å². The summed E-state index contributed by atoms with van der Waals surface area (Å²) >= 11 is 6.23. The summed E-state index contributed by atoms with van der Waals surface area (Å²) in [5.41, 5.74) is -0.527. The number of hydrogen-bond acceptors (Lipinski definition) is 5. The molecule has 0 amide bonds. The second-order valence-corrected chi connectivity index (χ2v) is 7.23. The molecule has 0 aliphatic carbocycles. The second kappa shape index (κ2) is 10.7. The number of alkyl halides is 3. The van der Waals surface area contributed by atoms with Crippen molar-refractivity contribution in [1.82, 2.24) is 19.9 Å². The van der Waals surface area contributed by atoms with Crippen LogP contribution >= 0.6 is 11.6 Å². The highest BCUT2D eigenvalue weighted by atomic mass is 35.5. The molecule has 3 aromatic heterocycles. The maximum absolute atomic E-state index is 14.0. The Bertz CT molecular complexity index is 1180. The highest BCUT2D eigenvalue weighted by molar-refractivity contribution is 6.30. The molecule has 0 saturated heterocycles. The van der Waals surface area contributed by atoms with Gasteiger partial charge in [0.05, 0.1) is 11.3 Å². The summed E-state index contributed by atoms with van der Waals surface area (Å²) in [5.74, 6) is -1.19. The zero-order valence-corrected chi connectivity index (χ0v) is 18.4. The lowest BCUT2D eigenvalue weighted by molar-refractivity contribution is -0.138. The van der Waals surface area contributed by atoms with Crippen LogP contribution in [0.3, 0.4) is 0 Å². The molecule has 3 rings (SSSR count). The van der Waals surface area contributed by atoms with Gasteiger partial charge in [-0.2, -0.15) is 17.6 Å². The molecule has 0 fully saturated rings. The van der Waals surface area contributed by atoms with Crippen molar-refractivity contribution in [3.8, 4) is 11.4 Å². The maximum atomic E-state index is 14.0. The third-order valence-corrected chi connectivity index (χ3v) is 4.94. The van der Waals surface area contributed by atoms with E-state index in [2.05, 4.69) is 26.5 Å². The van der Waals surface area contributed by atoms with Crippen molar-refractivity contribution < 1.29 is 31.4 Å². The first-order chi connectivity index (χ1) is 16.1. The topological polar surface area (TPSA) is 72.9 Å². The van der Waals surface area contributed by atoms with E-state index in [1.807, 2.05) is 0 Å². The zero-order valence-electron chi connectivity index (χ0n) is 17.7. The predicted molar refractivity (Wildman–Crippen MR) is 113 cm³/mol. The van der Waals surface area contributed by atoms with E-state index in [9.17, 15) is 22.0 Å². The monoisotopic (exact) mass is 500 g/mol. The van der Waals surface area contributed by atoms with Gasteiger partial charge in [-0.15, -0.1) is 0 Å².